The zero-order valence-corrected chi connectivity index (χ0v) is 13.0. The minimum absolute atomic E-state index is 0.329. The van der Waals surface area contributed by atoms with Gasteiger partial charge in [-0.1, -0.05) is 17.7 Å². The maximum Gasteiger partial charge on any atom is 0.446 e. The van der Waals surface area contributed by atoms with Crippen molar-refractivity contribution in [1.82, 2.24) is 0 Å². The van der Waals surface area contributed by atoms with Crippen molar-refractivity contribution >= 4 is 23.2 Å². The molecule has 6 heteroatoms. The summed E-state index contributed by atoms with van der Waals surface area (Å²) in [5.74, 6) is -0.285. The topological polar surface area (TPSA) is 66.5 Å². The highest BCUT2D eigenvalue weighted by Gasteiger charge is 2.26. The Bertz CT molecular complexity index is 804. The molecule has 1 amide bonds. The highest BCUT2D eigenvalue weighted by Crippen LogP contribution is 2.23. The molecule has 0 radical (unpaired) electrons. The first-order valence-corrected chi connectivity index (χ1v) is 7.01. The van der Waals surface area contributed by atoms with Gasteiger partial charge in [-0.25, -0.2) is 6.57 Å². The molecule has 0 heterocycles. The minimum atomic E-state index is -1.35. The fourth-order valence-electron chi connectivity index (χ4n) is 1.80. The van der Waals surface area contributed by atoms with Gasteiger partial charge in [0.25, 0.3) is 0 Å². The second-order valence-corrected chi connectivity index (χ2v) is 5.12. The maximum atomic E-state index is 12.2. The summed E-state index contributed by atoms with van der Waals surface area (Å²) in [6, 6.07) is 13.3. The van der Waals surface area contributed by atoms with Crippen molar-refractivity contribution in [3.8, 4) is 11.8 Å². The van der Waals surface area contributed by atoms with E-state index in [1.165, 1.54) is 12.1 Å². The first-order valence-electron chi connectivity index (χ1n) is 6.64. The van der Waals surface area contributed by atoms with Crippen LogP contribution in [0.15, 0.2) is 42.5 Å². The predicted octanol–water partition coefficient (Wildman–Crippen LogP) is 3.78. The van der Waals surface area contributed by atoms with Crippen molar-refractivity contribution in [2.24, 2.45) is 0 Å². The van der Waals surface area contributed by atoms with Gasteiger partial charge in [-0.2, -0.15) is 5.26 Å². The lowest BCUT2D eigenvalue weighted by Gasteiger charge is -2.11. The Morgan fingerprint density at radius 3 is 2.65 bits per heavy atom. The largest absolute Gasteiger partial charge is 0.446 e. The molecule has 5 nitrogen and oxygen atoms in total. The molecule has 2 aromatic rings. The van der Waals surface area contributed by atoms with Gasteiger partial charge in [-0.3, -0.25) is 9.64 Å². The molecule has 0 saturated carbocycles. The number of nitrogens with zero attached hydrogens (tertiary/aromatic N) is 2. The fourth-order valence-corrected chi connectivity index (χ4v) is 1.97. The summed E-state index contributed by atoms with van der Waals surface area (Å²) in [6.45, 7) is 9.00. The van der Waals surface area contributed by atoms with Crippen molar-refractivity contribution in [2.75, 3.05) is 5.32 Å². The van der Waals surface area contributed by atoms with E-state index in [4.69, 9.17) is 28.2 Å². The van der Waals surface area contributed by atoms with Gasteiger partial charge in [-0.15, -0.1) is 0 Å². The number of aryl methyl sites for hydroxylation is 1. The first kappa shape index (κ1) is 16.4. The van der Waals surface area contributed by atoms with E-state index in [-0.39, 0.29) is 0 Å². The predicted molar refractivity (Wildman–Crippen MR) is 87.0 cm³/mol. The Balaban J connectivity index is 2.11. The molecule has 2 rings (SSSR count). The summed E-state index contributed by atoms with van der Waals surface area (Å²) in [6.07, 6.45) is -1.35. The first-order chi connectivity index (χ1) is 11.0. The van der Waals surface area contributed by atoms with Crippen molar-refractivity contribution in [3.05, 3.63) is 70.0 Å². The Hall–Kier alpha value is -3.02. The number of anilines is 1. The van der Waals surface area contributed by atoms with Gasteiger partial charge in [0.05, 0.1) is 22.3 Å². The molecule has 0 spiro atoms. The number of carbonyl (C=O) groups excluding carboxylic acids is 1. The quantitative estimate of drug-likeness (QED) is 0.870. The van der Waals surface area contributed by atoms with Crippen LogP contribution in [-0.4, -0.2) is 12.1 Å². The van der Waals surface area contributed by atoms with E-state index in [0.29, 0.717) is 22.0 Å². The lowest BCUT2D eigenvalue weighted by atomic mass is 10.2. The molecule has 2 aromatic carbocycles. The smallest absolute Gasteiger partial charge is 0.417 e. The lowest BCUT2D eigenvalue weighted by Crippen LogP contribution is -2.30. The average molecular weight is 326 g/mol. The summed E-state index contributed by atoms with van der Waals surface area (Å²) in [5, 5.41) is 11.7. The van der Waals surface area contributed by atoms with Gasteiger partial charge in [-0.05, 0) is 48.9 Å². The van der Waals surface area contributed by atoms with Crippen LogP contribution in [0.5, 0.6) is 5.75 Å². The highest BCUT2D eigenvalue weighted by atomic mass is 35.5. The van der Waals surface area contributed by atoms with Crippen LogP contribution in [0.1, 0.15) is 11.1 Å². The second kappa shape index (κ2) is 7.31. The number of rotatable bonds is 4. The highest BCUT2D eigenvalue weighted by molar-refractivity contribution is 6.33. The van der Waals surface area contributed by atoms with E-state index in [1.807, 2.05) is 19.1 Å². The van der Waals surface area contributed by atoms with Crippen molar-refractivity contribution in [3.63, 3.8) is 0 Å². The number of halogens is 1. The number of hydrogen-bond donors (Lipinski definition) is 1. The third kappa shape index (κ3) is 4.23. The third-order valence-electron chi connectivity index (χ3n) is 2.95. The van der Waals surface area contributed by atoms with Crippen LogP contribution in [0.25, 0.3) is 4.85 Å². The van der Waals surface area contributed by atoms with E-state index in [0.717, 1.165) is 5.56 Å². The number of hydrogen-bond acceptors (Lipinski definition) is 3. The Morgan fingerprint density at radius 2 is 2.04 bits per heavy atom. The van der Waals surface area contributed by atoms with Crippen molar-refractivity contribution in [2.45, 2.75) is 13.2 Å². The van der Waals surface area contributed by atoms with E-state index in [9.17, 15) is 4.79 Å². The number of ether oxygens (including phenoxy) is 1. The Labute approximate surface area is 138 Å². The van der Waals surface area contributed by atoms with Crippen LogP contribution in [0.4, 0.5) is 5.69 Å². The van der Waals surface area contributed by atoms with E-state index < -0.39 is 12.1 Å². The molecule has 1 unspecified atom stereocenters. The van der Waals surface area contributed by atoms with Gasteiger partial charge < -0.3 is 10.1 Å². The number of amides is 1. The molecule has 0 aliphatic carbocycles. The fraction of sp³-hybridized carbons (Fsp3) is 0.118. The molecule has 0 aliphatic heterocycles. The zero-order chi connectivity index (χ0) is 16.8. The Morgan fingerprint density at radius 1 is 1.35 bits per heavy atom. The summed E-state index contributed by atoms with van der Waals surface area (Å²) < 4.78 is 5.35. The number of nitriles is 1. The third-order valence-corrected chi connectivity index (χ3v) is 3.28. The molecule has 0 fully saturated rings. The van der Waals surface area contributed by atoms with Gasteiger partial charge in [0, 0.05) is 0 Å². The van der Waals surface area contributed by atoms with Gasteiger partial charge >= 0.3 is 12.1 Å². The zero-order valence-electron chi connectivity index (χ0n) is 12.2. The van der Waals surface area contributed by atoms with Gasteiger partial charge in [0.2, 0.25) is 0 Å². The lowest BCUT2D eigenvalue weighted by molar-refractivity contribution is -0.121. The van der Waals surface area contributed by atoms with Gasteiger partial charge in [0.15, 0.2) is 0 Å². The summed E-state index contributed by atoms with van der Waals surface area (Å²) in [7, 11) is 0. The molecule has 0 bridgehead atoms. The minimum Gasteiger partial charge on any atom is -0.417 e. The van der Waals surface area contributed by atoms with Crippen LogP contribution < -0.4 is 10.1 Å². The van der Waals surface area contributed by atoms with Crippen LogP contribution in [0.2, 0.25) is 5.02 Å². The van der Waals surface area contributed by atoms with Gasteiger partial charge in [0.1, 0.15) is 5.75 Å². The number of carbonyl (C=O) groups is 1. The monoisotopic (exact) mass is 325 g/mol. The van der Waals surface area contributed by atoms with Crippen molar-refractivity contribution < 1.29 is 9.53 Å². The second-order valence-electron chi connectivity index (χ2n) is 4.71. The van der Waals surface area contributed by atoms with E-state index in [1.54, 1.807) is 24.3 Å². The molecule has 1 atom stereocenters. The average Bonchev–Trinajstić information content (AvgIpc) is 2.56. The standard InChI is InChI=1S/C17H12ClN3O2/c1-11-3-8-14(18)15(9-11)21-16(22)17(20-2)23-13-6-4-12(10-19)5-7-13/h3-9,17H,1H3,(H,21,22). The molecule has 0 aliphatic rings. The molecule has 23 heavy (non-hydrogen) atoms. The molecule has 0 aromatic heterocycles. The van der Waals surface area contributed by atoms with Crippen LogP contribution in [-0.2, 0) is 4.79 Å². The number of benzene rings is 2. The number of nitrogens with one attached hydrogen (secondary N) is 1. The van der Waals surface area contributed by atoms with Crippen LogP contribution in [0, 0.1) is 24.8 Å². The van der Waals surface area contributed by atoms with Crippen molar-refractivity contribution in [1.29, 1.82) is 5.26 Å². The normalized spacial score (nSPS) is 11.0. The molecule has 114 valence electrons. The van der Waals surface area contributed by atoms with Crippen LogP contribution >= 0.6 is 11.6 Å². The summed E-state index contributed by atoms with van der Waals surface area (Å²) in [4.78, 5) is 15.4. The van der Waals surface area contributed by atoms with E-state index >= 15 is 0 Å². The van der Waals surface area contributed by atoms with Crippen LogP contribution in [0.3, 0.4) is 0 Å². The maximum absolute atomic E-state index is 12.2. The molecular weight excluding hydrogens is 314 g/mol. The summed E-state index contributed by atoms with van der Waals surface area (Å²) >= 11 is 6.02. The molecular formula is C17H12ClN3O2. The molecule has 1 N–H and O–H groups in total. The molecule has 0 saturated heterocycles. The van der Waals surface area contributed by atoms with E-state index in [2.05, 4.69) is 10.2 Å². The summed E-state index contributed by atoms with van der Waals surface area (Å²) in [5.41, 5.74) is 1.82. The SMILES string of the molecule is [C-]#[N+]C(Oc1ccc(C#N)cc1)C(=O)Nc1cc(C)ccc1Cl. The Kier molecular flexibility index (Phi) is 5.19.